The van der Waals surface area contributed by atoms with Gasteiger partial charge in [0, 0.05) is 67.6 Å². The van der Waals surface area contributed by atoms with E-state index in [-0.39, 0.29) is 41.3 Å². The number of nitrogens with zero attached hydrogens (tertiary/aromatic N) is 4. The molecule has 0 spiro atoms. The molecule has 1 saturated heterocycles. The van der Waals surface area contributed by atoms with E-state index in [1.54, 1.807) is 6.07 Å². The van der Waals surface area contributed by atoms with Crippen LogP contribution < -0.4 is 26.6 Å². The first-order valence-corrected chi connectivity index (χ1v) is 13.0. The van der Waals surface area contributed by atoms with E-state index in [9.17, 15) is 24.1 Å². The second-order valence-corrected chi connectivity index (χ2v) is 10.3. The van der Waals surface area contributed by atoms with Crippen molar-refractivity contribution >= 4 is 40.8 Å². The monoisotopic (exact) mass is 562 g/mol. The molecule has 1 aromatic heterocycles. The Hall–Kier alpha value is -3.78. The molecule has 5 N–H and O–H groups in total. The van der Waals surface area contributed by atoms with Crippen molar-refractivity contribution in [3.05, 3.63) is 51.2 Å². The number of nitro groups is 1. The van der Waals surface area contributed by atoms with Crippen molar-refractivity contribution < 1.29 is 23.6 Å². The molecule has 0 radical (unpaired) electrons. The summed E-state index contributed by atoms with van der Waals surface area (Å²) in [4.78, 5) is 45.5. The molecule has 15 heteroatoms. The molecule has 2 amide bonds. The Morgan fingerprint density at radius 2 is 2.08 bits per heavy atom. The van der Waals surface area contributed by atoms with Crippen LogP contribution >= 0.6 is 11.6 Å². The van der Waals surface area contributed by atoms with Gasteiger partial charge in [-0.1, -0.05) is 0 Å². The van der Waals surface area contributed by atoms with Gasteiger partial charge in [0.1, 0.15) is 6.61 Å². The van der Waals surface area contributed by atoms with Gasteiger partial charge in [-0.3, -0.25) is 14.9 Å². The third kappa shape index (κ3) is 5.66. The van der Waals surface area contributed by atoms with Crippen LogP contribution in [0.15, 0.2) is 24.4 Å². The molecule has 2 aliphatic carbocycles. The second-order valence-electron chi connectivity index (χ2n) is 9.96. The number of nitrogens with two attached hydrogens (primary N) is 1. The number of carbonyl (C=O) groups is 2. The molecule has 1 aliphatic heterocycles. The lowest BCUT2D eigenvalue weighted by Gasteiger charge is -2.35. The molecular formula is C24H28ClFN8O5. The zero-order valence-corrected chi connectivity index (χ0v) is 21.6. The van der Waals surface area contributed by atoms with Crippen LogP contribution in [-0.2, 0) is 16.1 Å². The van der Waals surface area contributed by atoms with Crippen molar-refractivity contribution in [1.29, 1.82) is 0 Å². The van der Waals surface area contributed by atoms with E-state index in [0.717, 1.165) is 38.1 Å². The minimum absolute atomic E-state index is 0.0931. The van der Waals surface area contributed by atoms with Crippen molar-refractivity contribution in [3.8, 4) is 0 Å². The quantitative estimate of drug-likeness (QED) is 0.211. The number of ether oxygens (including phenoxy) is 1. The van der Waals surface area contributed by atoms with Crippen LogP contribution in [0.1, 0.15) is 18.4 Å². The van der Waals surface area contributed by atoms with Crippen LogP contribution in [0.3, 0.4) is 0 Å². The fourth-order valence-electron chi connectivity index (χ4n) is 6.09. The topological polar surface area (TPSA) is 178 Å². The highest BCUT2D eigenvalue weighted by Crippen LogP contribution is 2.49. The van der Waals surface area contributed by atoms with Crippen LogP contribution in [-0.4, -0.2) is 65.2 Å². The predicted molar refractivity (Wildman–Crippen MR) is 139 cm³/mol. The molecule has 13 nitrogen and oxygen atoms in total. The number of anilines is 2. The molecule has 3 fully saturated rings. The summed E-state index contributed by atoms with van der Waals surface area (Å²) in [6.45, 7) is 2.82. The molecule has 2 saturated carbocycles. The Bertz CT molecular complexity index is 1280. The summed E-state index contributed by atoms with van der Waals surface area (Å²) in [5.74, 6) is -2.34. The van der Waals surface area contributed by atoms with Crippen LogP contribution in [0.25, 0.3) is 0 Å². The van der Waals surface area contributed by atoms with Gasteiger partial charge in [0.05, 0.1) is 17.0 Å². The van der Waals surface area contributed by atoms with E-state index in [0.29, 0.717) is 18.4 Å². The predicted octanol–water partition coefficient (Wildman–Crippen LogP) is 1.80. The number of nitro benzene ring substituents is 1. The van der Waals surface area contributed by atoms with E-state index in [4.69, 9.17) is 22.1 Å². The average molecular weight is 563 g/mol. The van der Waals surface area contributed by atoms with Gasteiger partial charge in [0.15, 0.2) is 11.6 Å². The highest BCUT2D eigenvalue weighted by molar-refractivity contribution is 6.28. The summed E-state index contributed by atoms with van der Waals surface area (Å²) in [7, 11) is 0. The molecule has 2 bridgehead atoms. The van der Waals surface area contributed by atoms with Crippen LogP contribution in [0, 0.1) is 33.7 Å². The number of benzene rings is 1. The zero-order chi connectivity index (χ0) is 27.7. The number of rotatable bonds is 8. The average Bonchev–Trinajstić information content (AvgIpc) is 3.48. The van der Waals surface area contributed by atoms with E-state index in [1.165, 1.54) is 12.1 Å². The molecule has 1 aromatic carbocycles. The molecule has 208 valence electrons. The third-order valence-electron chi connectivity index (χ3n) is 7.74. The minimum atomic E-state index is -0.730. The maximum Gasteiger partial charge on any atom is 0.407 e. The van der Waals surface area contributed by atoms with Gasteiger partial charge in [-0.05, 0) is 36.4 Å². The number of primary amides is 1. The lowest BCUT2D eigenvalue weighted by molar-refractivity contribution is -0.384. The Morgan fingerprint density at radius 3 is 2.79 bits per heavy atom. The van der Waals surface area contributed by atoms with Crippen LogP contribution in [0.4, 0.5) is 26.4 Å². The molecule has 0 unspecified atom stereocenters. The summed E-state index contributed by atoms with van der Waals surface area (Å²) >= 11 is 5.81. The highest BCUT2D eigenvalue weighted by Gasteiger charge is 2.55. The number of alkyl carbamates (subject to hydrolysis) is 1. The molecule has 5 rings (SSSR count). The van der Waals surface area contributed by atoms with E-state index in [2.05, 4.69) is 30.8 Å². The Morgan fingerprint density at radius 1 is 1.31 bits per heavy atom. The fourth-order valence-corrected chi connectivity index (χ4v) is 6.22. The smallest absolute Gasteiger partial charge is 0.407 e. The molecule has 3 aliphatic rings. The Labute approximate surface area is 227 Å². The fraction of sp³-hybridized carbons (Fsp3) is 0.500. The molecule has 2 heterocycles. The molecule has 2 aromatic rings. The standard InChI is InChI=1S/C24H28ClFN8O5/c25-23-29-10-16(26)22(32-23)31-20-15-8-12(19(20)21(27)35)9-17(15)30-24(36)39-11-13-7-14(34(37)38)1-2-18(13)33-5-3-28-4-6-33/h1-2,7,10,12,15,17,19-20,28H,3-6,8-9,11H2,(H2,27,35)(H,30,36)(H,29,31,32)/t12-,15+,17+,19-,20+/m0/s1. The first kappa shape index (κ1) is 26.8. The number of halogens is 2. The van der Waals surface area contributed by atoms with Crippen LogP contribution in [0.2, 0.25) is 5.28 Å². The number of fused-ring (bicyclic) bond motifs is 2. The number of hydrogen-bond acceptors (Lipinski definition) is 10. The summed E-state index contributed by atoms with van der Waals surface area (Å²) in [6, 6.07) is 3.58. The van der Waals surface area contributed by atoms with Gasteiger partial charge in [-0.25, -0.2) is 14.2 Å². The number of aromatic nitrogens is 2. The number of hydrogen-bond donors (Lipinski definition) is 4. The third-order valence-corrected chi connectivity index (χ3v) is 7.93. The van der Waals surface area contributed by atoms with Crippen molar-refractivity contribution in [1.82, 2.24) is 20.6 Å². The Balaban J connectivity index is 1.27. The minimum Gasteiger partial charge on any atom is -0.445 e. The lowest BCUT2D eigenvalue weighted by Crippen LogP contribution is -2.51. The van der Waals surface area contributed by atoms with Gasteiger partial charge < -0.3 is 31.3 Å². The van der Waals surface area contributed by atoms with Gasteiger partial charge >= 0.3 is 6.09 Å². The molecular weight excluding hydrogens is 535 g/mol. The Kier molecular flexibility index (Phi) is 7.66. The van der Waals surface area contributed by atoms with Gasteiger partial charge in [0.25, 0.3) is 5.69 Å². The van der Waals surface area contributed by atoms with Crippen molar-refractivity contribution in [2.45, 2.75) is 31.5 Å². The maximum absolute atomic E-state index is 14.3. The zero-order valence-electron chi connectivity index (χ0n) is 20.8. The van der Waals surface area contributed by atoms with E-state index >= 15 is 0 Å². The number of nitrogens with one attached hydrogen (secondary N) is 3. The van der Waals surface area contributed by atoms with E-state index < -0.39 is 34.7 Å². The summed E-state index contributed by atoms with van der Waals surface area (Å²) in [6.07, 6.45) is 1.33. The van der Waals surface area contributed by atoms with Crippen molar-refractivity contribution in [3.63, 3.8) is 0 Å². The number of piperazine rings is 1. The summed E-state index contributed by atoms with van der Waals surface area (Å²) in [5, 5.41) is 20.3. The lowest BCUT2D eigenvalue weighted by atomic mass is 9.81. The van der Waals surface area contributed by atoms with E-state index in [1.807, 2.05) is 0 Å². The normalized spacial score (nSPS) is 25.8. The number of carbonyl (C=O) groups excluding carboxylic acids is 2. The second kappa shape index (κ2) is 11.1. The number of non-ortho nitro benzene ring substituents is 1. The first-order valence-electron chi connectivity index (χ1n) is 12.6. The number of amides is 2. The van der Waals surface area contributed by atoms with Gasteiger partial charge in [0.2, 0.25) is 11.2 Å². The maximum atomic E-state index is 14.3. The molecule has 5 atom stereocenters. The van der Waals surface area contributed by atoms with Gasteiger partial charge in [-0.2, -0.15) is 4.98 Å². The van der Waals surface area contributed by atoms with Crippen molar-refractivity contribution in [2.75, 3.05) is 36.4 Å². The summed E-state index contributed by atoms with van der Waals surface area (Å²) < 4.78 is 19.8. The first-order chi connectivity index (χ1) is 18.7. The van der Waals surface area contributed by atoms with Gasteiger partial charge in [-0.15, -0.1) is 0 Å². The summed E-state index contributed by atoms with van der Waals surface area (Å²) in [5.41, 5.74) is 6.87. The largest absolute Gasteiger partial charge is 0.445 e. The highest BCUT2D eigenvalue weighted by atomic mass is 35.5. The van der Waals surface area contributed by atoms with Crippen molar-refractivity contribution in [2.24, 2.45) is 23.5 Å². The molecule has 39 heavy (non-hydrogen) atoms. The van der Waals surface area contributed by atoms with Crippen LogP contribution in [0.5, 0.6) is 0 Å². The SMILES string of the molecule is NC(=O)[C@H]1[C@H]2C[C@@H]([C@H]1Nc1nc(Cl)ncc1F)[C@H](NC(=O)OCc1cc([N+](=O)[O-])ccc1N1CCNCC1)C2.